The molecule has 88 valence electrons. The first-order valence-corrected chi connectivity index (χ1v) is 5.29. The SMILES string of the molecule is COc1cc(F)cc(C2(O)CCOCC2)c1. The van der Waals surface area contributed by atoms with Crippen LogP contribution >= 0.6 is 0 Å². The molecule has 3 nitrogen and oxygen atoms in total. The molecule has 1 N–H and O–H groups in total. The molecule has 4 heteroatoms. The van der Waals surface area contributed by atoms with Gasteiger partial charge in [-0.1, -0.05) is 0 Å². The van der Waals surface area contributed by atoms with E-state index in [1.165, 1.54) is 19.2 Å². The number of rotatable bonds is 2. The topological polar surface area (TPSA) is 38.7 Å². The zero-order valence-electron chi connectivity index (χ0n) is 9.20. The van der Waals surface area contributed by atoms with Crippen LogP contribution in [0.1, 0.15) is 18.4 Å². The first-order valence-electron chi connectivity index (χ1n) is 5.29. The fourth-order valence-electron chi connectivity index (χ4n) is 1.95. The lowest BCUT2D eigenvalue weighted by atomic mass is 9.86. The summed E-state index contributed by atoms with van der Waals surface area (Å²) in [5.41, 5.74) is -0.430. The second kappa shape index (κ2) is 4.39. The zero-order valence-corrected chi connectivity index (χ0v) is 9.20. The number of ether oxygens (including phenoxy) is 2. The third kappa shape index (κ3) is 2.18. The first-order chi connectivity index (χ1) is 7.64. The van der Waals surface area contributed by atoms with Gasteiger partial charge in [-0.05, 0) is 17.7 Å². The van der Waals surface area contributed by atoms with Crippen LogP contribution in [0.25, 0.3) is 0 Å². The monoisotopic (exact) mass is 226 g/mol. The van der Waals surface area contributed by atoms with Crippen LogP contribution in [0.3, 0.4) is 0 Å². The van der Waals surface area contributed by atoms with Crippen molar-refractivity contribution in [2.75, 3.05) is 20.3 Å². The Labute approximate surface area is 93.8 Å². The van der Waals surface area contributed by atoms with E-state index in [4.69, 9.17) is 9.47 Å². The van der Waals surface area contributed by atoms with Gasteiger partial charge in [-0.2, -0.15) is 0 Å². The standard InChI is InChI=1S/C12H15FO3/c1-15-11-7-9(6-10(13)8-11)12(14)2-4-16-5-3-12/h6-8,14H,2-5H2,1H3. The van der Waals surface area contributed by atoms with Gasteiger partial charge in [-0.3, -0.25) is 0 Å². The average Bonchev–Trinajstić information content (AvgIpc) is 2.29. The fourth-order valence-corrected chi connectivity index (χ4v) is 1.95. The number of methoxy groups -OCH3 is 1. The van der Waals surface area contributed by atoms with Gasteiger partial charge in [0.05, 0.1) is 12.7 Å². The molecule has 0 radical (unpaired) electrons. The Morgan fingerprint density at radius 2 is 2.00 bits per heavy atom. The molecule has 1 aliphatic heterocycles. The highest BCUT2D eigenvalue weighted by molar-refractivity contribution is 5.33. The predicted molar refractivity (Wildman–Crippen MR) is 56.9 cm³/mol. The maximum Gasteiger partial charge on any atom is 0.127 e. The summed E-state index contributed by atoms with van der Waals surface area (Å²) < 4.78 is 23.5. The van der Waals surface area contributed by atoms with Crippen LogP contribution in [0.5, 0.6) is 5.75 Å². The maximum absolute atomic E-state index is 13.3. The van der Waals surface area contributed by atoms with Crippen LogP contribution in [-0.4, -0.2) is 25.4 Å². The van der Waals surface area contributed by atoms with Crippen molar-refractivity contribution in [1.29, 1.82) is 0 Å². The van der Waals surface area contributed by atoms with Crippen molar-refractivity contribution in [3.05, 3.63) is 29.6 Å². The molecular weight excluding hydrogens is 211 g/mol. The van der Waals surface area contributed by atoms with Crippen molar-refractivity contribution in [2.45, 2.75) is 18.4 Å². The van der Waals surface area contributed by atoms with Gasteiger partial charge < -0.3 is 14.6 Å². The number of halogens is 1. The van der Waals surface area contributed by atoms with Crippen LogP contribution in [-0.2, 0) is 10.3 Å². The Morgan fingerprint density at radius 1 is 1.31 bits per heavy atom. The molecule has 1 fully saturated rings. The van der Waals surface area contributed by atoms with E-state index in [2.05, 4.69) is 0 Å². The van der Waals surface area contributed by atoms with Crippen molar-refractivity contribution < 1.29 is 19.0 Å². The molecule has 0 bridgehead atoms. The molecule has 1 aromatic carbocycles. The summed E-state index contributed by atoms with van der Waals surface area (Å²) in [5.74, 6) is 0.0317. The largest absolute Gasteiger partial charge is 0.497 e. The summed E-state index contributed by atoms with van der Waals surface area (Å²) in [5, 5.41) is 10.4. The van der Waals surface area contributed by atoms with E-state index in [-0.39, 0.29) is 0 Å². The van der Waals surface area contributed by atoms with E-state index in [9.17, 15) is 9.50 Å². The van der Waals surface area contributed by atoms with Gasteiger partial charge in [0, 0.05) is 32.1 Å². The molecule has 1 aromatic rings. The Kier molecular flexibility index (Phi) is 3.12. The molecule has 1 saturated heterocycles. The second-order valence-corrected chi connectivity index (χ2v) is 4.02. The van der Waals surface area contributed by atoms with Gasteiger partial charge >= 0.3 is 0 Å². The minimum absolute atomic E-state index is 0.394. The lowest BCUT2D eigenvalue weighted by molar-refractivity contribution is -0.0681. The van der Waals surface area contributed by atoms with E-state index in [1.807, 2.05) is 0 Å². The Hall–Kier alpha value is -1.13. The Morgan fingerprint density at radius 3 is 2.62 bits per heavy atom. The van der Waals surface area contributed by atoms with Crippen molar-refractivity contribution >= 4 is 0 Å². The summed E-state index contributed by atoms with van der Waals surface area (Å²) in [6.07, 6.45) is 0.971. The highest BCUT2D eigenvalue weighted by Crippen LogP contribution is 2.34. The van der Waals surface area contributed by atoms with Gasteiger partial charge in [-0.25, -0.2) is 4.39 Å². The molecule has 0 unspecified atom stereocenters. The van der Waals surface area contributed by atoms with Crippen LogP contribution in [0.4, 0.5) is 4.39 Å². The Bertz CT molecular complexity index is 373. The summed E-state index contributed by atoms with van der Waals surface area (Å²) in [6, 6.07) is 4.33. The van der Waals surface area contributed by atoms with Gasteiger partial charge in [0.1, 0.15) is 11.6 Å². The molecule has 0 saturated carbocycles. The van der Waals surface area contributed by atoms with E-state index in [0.717, 1.165) is 0 Å². The Balaban J connectivity index is 2.34. The number of hydrogen-bond donors (Lipinski definition) is 1. The molecule has 1 aliphatic rings. The van der Waals surface area contributed by atoms with Crippen LogP contribution in [0.15, 0.2) is 18.2 Å². The molecule has 16 heavy (non-hydrogen) atoms. The molecule has 2 rings (SSSR count). The highest BCUT2D eigenvalue weighted by atomic mass is 19.1. The molecular formula is C12H15FO3. The van der Waals surface area contributed by atoms with Crippen molar-refractivity contribution in [3.8, 4) is 5.75 Å². The van der Waals surface area contributed by atoms with Gasteiger partial charge in [0.15, 0.2) is 0 Å². The summed E-state index contributed by atoms with van der Waals surface area (Å²) >= 11 is 0. The molecule has 0 spiro atoms. The van der Waals surface area contributed by atoms with Crippen LogP contribution < -0.4 is 4.74 Å². The fraction of sp³-hybridized carbons (Fsp3) is 0.500. The second-order valence-electron chi connectivity index (χ2n) is 4.02. The average molecular weight is 226 g/mol. The van der Waals surface area contributed by atoms with E-state index >= 15 is 0 Å². The third-order valence-corrected chi connectivity index (χ3v) is 2.96. The van der Waals surface area contributed by atoms with Crippen molar-refractivity contribution in [2.24, 2.45) is 0 Å². The number of hydrogen-bond acceptors (Lipinski definition) is 3. The molecule has 0 amide bonds. The molecule has 1 heterocycles. The smallest absolute Gasteiger partial charge is 0.127 e. The first kappa shape index (κ1) is 11.4. The highest BCUT2D eigenvalue weighted by Gasteiger charge is 2.32. The zero-order chi connectivity index (χ0) is 11.6. The summed E-state index contributed by atoms with van der Waals surface area (Å²) in [7, 11) is 1.48. The van der Waals surface area contributed by atoms with E-state index in [1.54, 1.807) is 6.07 Å². The summed E-state index contributed by atoms with van der Waals surface area (Å²) in [6.45, 7) is 0.991. The number of benzene rings is 1. The molecule has 0 aliphatic carbocycles. The van der Waals surface area contributed by atoms with Crippen molar-refractivity contribution in [1.82, 2.24) is 0 Å². The maximum atomic E-state index is 13.3. The lowest BCUT2D eigenvalue weighted by Gasteiger charge is -2.32. The van der Waals surface area contributed by atoms with Gasteiger partial charge in [0.2, 0.25) is 0 Å². The van der Waals surface area contributed by atoms with Crippen LogP contribution in [0.2, 0.25) is 0 Å². The molecule has 0 atom stereocenters. The molecule has 0 aromatic heterocycles. The van der Waals surface area contributed by atoms with E-state index < -0.39 is 11.4 Å². The van der Waals surface area contributed by atoms with Crippen LogP contribution in [0, 0.1) is 5.82 Å². The quantitative estimate of drug-likeness (QED) is 0.836. The minimum Gasteiger partial charge on any atom is -0.497 e. The van der Waals surface area contributed by atoms with Gasteiger partial charge in [-0.15, -0.1) is 0 Å². The normalized spacial score (nSPS) is 19.4. The predicted octanol–water partition coefficient (Wildman–Crippen LogP) is 1.83. The minimum atomic E-state index is -0.992. The third-order valence-electron chi connectivity index (χ3n) is 2.96. The van der Waals surface area contributed by atoms with E-state index in [0.29, 0.717) is 37.4 Å². The van der Waals surface area contributed by atoms with Gasteiger partial charge in [0.25, 0.3) is 0 Å². The van der Waals surface area contributed by atoms with Crippen molar-refractivity contribution in [3.63, 3.8) is 0 Å². The summed E-state index contributed by atoms with van der Waals surface area (Å²) in [4.78, 5) is 0. The lowest BCUT2D eigenvalue weighted by Crippen LogP contribution is -2.33. The number of aliphatic hydroxyl groups is 1.